The number of hydrogen-bond acceptors (Lipinski definition) is 4. The molecular weight excluding hydrogens is 653 g/mol. The Labute approximate surface area is 307 Å². The van der Waals surface area contributed by atoms with Gasteiger partial charge in [0.05, 0.1) is 17.0 Å². The van der Waals surface area contributed by atoms with E-state index in [1.807, 2.05) is 11.8 Å². The van der Waals surface area contributed by atoms with Gasteiger partial charge in [0.2, 0.25) is 0 Å². The van der Waals surface area contributed by atoms with Crippen LogP contribution in [0.3, 0.4) is 0 Å². The number of benzene rings is 5. The van der Waals surface area contributed by atoms with Crippen molar-refractivity contribution in [2.24, 2.45) is 15.9 Å². The predicted molar refractivity (Wildman–Crippen MR) is 217 cm³/mol. The summed E-state index contributed by atoms with van der Waals surface area (Å²) in [5.41, 5.74) is 13.9. The molecule has 3 atom stereocenters. The summed E-state index contributed by atoms with van der Waals surface area (Å²) in [5, 5.41) is 3.92. The van der Waals surface area contributed by atoms with E-state index in [-0.39, 0.29) is 17.2 Å². The van der Waals surface area contributed by atoms with Crippen LogP contribution in [0.2, 0.25) is 0 Å². The highest BCUT2D eigenvalue weighted by Crippen LogP contribution is 2.52. The van der Waals surface area contributed by atoms with Gasteiger partial charge in [-0.1, -0.05) is 121 Å². The number of allylic oxidation sites excluding steroid dienone is 7. The molecule has 3 heterocycles. The van der Waals surface area contributed by atoms with Crippen LogP contribution in [0.15, 0.2) is 170 Å². The highest BCUT2D eigenvalue weighted by molar-refractivity contribution is 8.01. The number of aliphatic imine (C=N–C) groups is 2. The van der Waals surface area contributed by atoms with E-state index in [2.05, 4.69) is 140 Å². The Bertz CT molecular complexity index is 2650. The zero-order valence-electron chi connectivity index (χ0n) is 28.8. The predicted octanol–water partition coefficient (Wildman–Crippen LogP) is 12.4. The number of nitrogens with zero attached hydrogens (tertiary/aromatic N) is 2. The lowest BCUT2D eigenvalue weighted by atomic mass is 9.76. The Morgan fingerprint density at radius 3 is 2.44 bits per heavy atom. The van der Waals surface area contributed by atoms with E-state index < -0.39 is 0 Å². The van der Waals surface area contributed by atoms with Gasteiger partial charge >= 0.3 is 0 Å². The minimum Gasteiger partial charge on any atom is -0.456 e. The second-order valence-corrected chi connectivity index (χ2v) is 15.7. The molecular formula is C48H36N2OS. The molecule has 5 aromatic carbocycles. The summed E-state index contributed by atoms with van der Waals surface area (Å²) >= 11 is 1.94. The molecule has 3 nitrogen and oxygen atoms in total. The van der Waals surface area contributed by atoms with Gasteiger partial charge in [0.1, 0.15) is 17.2 Å². The van der Waals surface area contributed by atoms with Gasteiger partial charge in [0.25, 0.3) is 0 Å². The lowest BCUT2D eigenvalue weighted by molar-refractivity contribution is 0.576. The highest BCUT2D eigenvalue weighted by Gasteiger charge is 2.43. The molecule has 0 spiro atoms. The second kappa shape index (κ2) is 12.1. The minimum absolute atomic E-state index is 0.0522. The van der Waals surface area contributed by atoms with Crippen LogP contribution in [-0.2, 0) is 6.42 Å². The van der Waals surface area contributed by atoms with Crippen LogP contribution in [0, 0.1) is 5.92 Å². The monoisotopic (exact) mass is 688 g/mol. The van der Waals surface area contributed by atoms with Crippen molar-refractivity contribution in [1.29, 1.82) is 0 Å². The fraction of sp³-hybridized carbons (Fsp3) is 0.167. The van der Waals surface area contributed by atoms with Crippen molar-refractivity contribution in [2.75, 3.05) is 0 Å². The smallest absolute Gasteiger partial charge is 0.135 e. The first kappa shape index (κ1) is 30.2. The van der Waals surface area contributed by atoms with E-state index in [1.165, 1.54) is 76.9 Å². The van der Waals surface area contributed by atoms with Crippen molar-refractivity contribution in [3.8, 4) is 11.1 Å². The van der Waals surface area contributed by atoms with Crippen molar-refractivity contribution >= 4 is 56.2 Å². The molecule has 0 N–H and O–H groups in total. The number of rotatable bonds is 4. The fourth-order valence-corrected chi connectivity index (χ4v) is 10.5. The summed E-state index contributed by atoms with van der Waals surface area (Å²) in [5.74, 6) is 2.08. The number of amidine groups is 1. The number of hydrogen-bond donors (Lipinski definition) is 0. The van der Waals surface area contributed by atoms with Crippen molar-refractivity contribution in [2.45, 2.75) is 48.3 Å². The van der Waals surface area contributed by atoms with Gasteiger partial charge < -0.3 is 4.42 Å². The largest absolute Gasteiger partial charge is 0.456 e. The van der Waals surface area contributed by atoms with Crippen molar-refractivity contribution in [3.05, 3.63) is 173 Å². The van der Waals surface area contributed by atoms with Crippen LogP contribution in [0.25, 0.3) is 44.0 Å². The van der Waals surface area contributed by atoms with Crippen LogP contribution < -0.4 is 0 Å². The third-order valence-electron chi connectivity index (χ3n) is 11.6. The molecule has 6 aromatic rings. The van der Waals surface area contributed by atoms with Gasteiger partial charge in [0, 0.05) is 21.8 Å². The standard InChI is InChI=1S/C48H36N2OS/c1-2-11-29(12-3-1)31-21-24-32(25-22-31)44-47-45(38-17-8-9-20-42(38)52-47)50-48(49-44)39-28-40-43-35(34-26-23-30-13-4-5-14-33(30)27-34)18-10-19-41(43)51-46(40)37-16-7-6-15-36(37)39/h1-6,8-15,17-21,23-24,26-27,39,45,47H,7,16,22,25,28H2. The molecule has 250 valence electrons. The van der Waals surface area contributed by atoms with Gasteiger partial charge in [-0.05, 0) is 106 Å². The molecule has 3 aliphatic carbocycles. The molecule has 0 radical (unpaired) electrons. The Kier molecular flexibility index (Phi) is 7.01. The van der Waals surface area contributed by atoms with Gasteiger partial charge in [0.15, 0.2) is 0 Å². The maximum Gasteiger partial charge on any atom is 0.135 e. The van der Waals surface area contributed by atoms with Crippen molar-refractivity contribution in [1.82, 2.24) is 0 Å². The van der Waals surface area contributed by atoms with Gasteiger partial charge in [-0.25, -0.2) is 4.99 Å². The molecule has 0 saturated carbocycles. The molecule has 0 fully saturated rings. The Hall–Kier alpha value is -5.45. The molecule has 3 unspecified atom stereocenters. The Morgan fingerprint density at radius 1 is 0.712 bits per heavy atom. The molecule has 52 heavy (non-hydrogen) atoms. The van der Waals surface area contributed by atoms with Crippen molar-refractivity contribution in [3.63, 3.8) is 0 Å². The first-order valence-corrected chi connectivity index (χ1v) is 19.5. The average molecular weight is 689 g/mol. The molecule has 5 aliphatic rings. The third-order valence-corrected chi connectivity index (χ3v) is 13.0. The molecule has 0 amide bonds. The van der Waals surface area contributed by atoms with Crippen LogP contribution in [-0.4, -0.2) is 16.8 Å². The summed E-state index contributed by atoms with van der Waals surface area (Å²) < 4.78 is 6.84. The van der Waals surface area contributed by atoms with E-state index in [4.69, 9.17) is 14.4 Å². The maximum absolute atomic E-state index is 6.84. The Balaban J connectivity index is 1.06. The second-order valence-electron chi connectivity index (χ2n) is 14.5. The van der Waals surface area contributed by atoms with E-state index in [1.54, 1.807) is 0 Å². The lowest BCUT2D eigenvalue weighted by Crippen LogP contribution is -2.33. The van der Waals surface area contributed by atoms with E-state index >= 15 is 0 Å². The first-order valence-electron chi connectivity index (χ1n) is 18.6. The molecule has 0 bridgehead atoms. The lowest BCUT2D eigenvalue weighted by Gasteiger charge is -2.33. The summed E-state index contributed by atoms with van der Waals surface area (Å²) in [7, 11) is 0. The molecule has 4 heteroatoms. The minimum atomic E-state index is 0.0522. The SMILES string of the molecule is C1=CC2=C(CC1)c1oc3cccc(-c4ccc5ccccc5c4)c3c1CC2C1=NC2c3ccccc3SC2C(C2=CC=C(c3ccccc3)CC2)=N1. The van der Waals surface area contributed by atoms with Crippen LogP contribution in [0.1, 0.15) is 54.2 Å². The number of thioether (sulfide) groups is 1. The zero-order valence-corrected chi connectivity index (χ0v) is 29.6. The summed E-state index contributed by atoms with van der Waals surface area (Å²) in [4.78, 5) is 12.6. The maximum atomic E-state index is 6.84. The molecule has 2 aliphatic heterocycles. The molecule has 0 saturated heterocycles. The number of furan rings is 1. The van der Waals surface area contributed by atoms with Gasteiger partial charge in [-0.15, -0.1) is 11.8 Å². The summed E-state index contributed by atoms with van der Waals surface area (Å²) in [6.45, 7) is 0. The molecule has 11 rings (SSSR count). The van der Waals surface area contributed by atoms with Crippen LogP contribution in [0.4, 0.5) is 0 Å². The fourth-order valence-electron chi connectivity index (χ4n) is 9.11. The van der Waals surface area contributed by atoms with Crippen LogP contribution >= 0.6 is 11.8 Å². The summed E-state index contributed by atoms with van der Waals surface area (Å²) in [6.07, 6.45) is 14.1. The summed E-state index contributed by atoms with van der Waals surface area (Å²) in [6, 6.07) is 41.7. The molecule has 1 aromatic heterocycles. The van der Waals surface area contributed by atoms with Crippen LogP contribution in [0.5, 0.6) is 0 Å². The van der Waals surface area contributed by atoms with E-state index in [0.717, 1.165) is 49.3 Å². The highest BCUT2D eigenvalue weighted by atomic mass is 32.2. The topological polar surface area (TPSA) is 37.9 Å². The van der Waals surface area contributed by atoms with E-state index in [9.17, 15) is 0 Å². The van der Waals surface area contributed by atoms with Gasteiger partial charge in [-0.3, -0.25) is 4.99 Å². The Morgan fingerprint density at radius 2 is 1.54 bits per heavy atom. The van der Waals surface area contributed by atoms with Crippen molar-refractivity contribution < 1.29 is 4.42 Å². The normalized spacial score (nSPS) is 21.9. The number of fused-ring (bicyclic) bond motifs is 8. The third kappa shape index (κ3) is 4.81. The quantitative estimate of drug-likeness (QED) is 0.185. The average Bonchev–Trinajstić information content (AvgIpc) is 3.79. The van der Waals surface area contributed by atoms with E-state index in [0.29, 0.717) is 0 Å². The van der Waals surface area contributed by atoms with Gasteiger partial charge in [-0.2, -0.15) is 0 Å². The zero-order chi connectivity index (χ0) is 34.2. The first-order chi connectivity index (χ1) is 25.8.